The Labute approximate surface area is 408 Å². The standard InChI is InChI=1S/C51H64N6O12S/c1-6-13-40(53-46(61)41(54-45(60)36-17-10-18-37(29-36)69-5)28-32-23-25-33(26-24-32)31-70(66,67)68)50(65)57-27-12-21-43(57)49(64)55-42(30-35-16-9-15-34-14-7-8-19-38(34)35)47(62)52-39(20-11-22-44(58)59)48(63)56-51(2,3)4/h7-10,14-19,23-26,29,39-43H,6,11-13,20-22,27-28,30-31H2,1-5H3,(H,52,62)(H,53,61)(H,54,60)(H,55,64)(H,56,63)(H,58,59)(H,66,67,68)/t39-,40-,41-,42-,43-/m0/s1. The Morgan fingerprint density at radius 1 is 0.757 bits per heavy atom. The maximum Gasteiger partial charge on any atom is 0.303 e. The summed E-state index contributed by atoms with van der Waals surface area (Å²) in [6, 6.07) is 19.7. The molecule has 18 nitrogen and oxygen atoms in total. The molecule has 376 valence electrons. The van der Waals surface area contributed by atoms with E-state index in [-0.39, 0.29) is 57.1 Å². The minimum absolute atomic E-state index is 0.00296. The fraction of sp³-hybridized carbons (Fsp3) is 0.431. The topological polar surface area (TPSA) is 267 Å². The number of nitrogens with zero attached hydrogens (tertiary/aromatic N) is 1. The smallest absolute Gasteiger partial charge is 0.303 e. The van der Waals surface area contributed by atoms with Gasteiger partial charge in [0.1, 0.15) is 41.7 Å². The zero-order valence-electron chi connectivity index (χ0n) is 40.2. The minimum Gasteiger partial charge on any atom is -0.497 e. The second-order valence-corrected chi connectivity index (χ2v) is 20.0. The molecule has 1 aliphatic rings. The quantitative estimate of drug-likeness (QED) is 0.0515. The van der Waals surface area contributed by atoms with Gasteiger partial charge in [-0.2, -0.15) is 8.42 Å². The van der Waals surface area contributed by atoms with Crippen LogP contribution in [0.25, 0.3) is 10.8 Å². The minimum atomic E-state index is -4.31. The molecule has 4 aromatic rings. The van der Waals surface area contributed by atoms with Crippen molar-refractivity contribution in [3.63, 3.8) is 0 Å². The average Bonchev–Trinajstić information content (AvgIpc) is 3.80. The first-order chi connectivity index (χ1) is 33.1. The van der Waals surface area contributed by atoms with Gasteiger partial charge in [-0.3, -0.25) is 38.1 Å². The number of nitrogens with one attached hydrogen (secondary N) is 5. The molecule has 6 amide bonds. The van der Waals surface area contributed by atoms with E-state index in [2.05, 4.69) is 26.6 Å². The maximum atomic E-state index is 14.6. The van der Waals surface area contributed by atoms with E-state index >= 15 is 0 Å². The van der Waals surface area contributed by atoms with Gasteiger partial charge in [0, 0.05) is 36.9 Å². The number of hydrogen-bond acceptors (Lipinski definition) is 10. The highest BCUT2D eigenvalue weighted by Crippen LogP contribution is 2.23. The number of carboxylic acids is 1. The summed E-state index contributed by atoms with van der Waals surface area (Å²) in [7, 11) is -2.86. The van der Waals surface area contributed by atoms with E-state index in [9.17, 15) is 51.6 Å². The SMILES string of the molecule is CCC[C@H](NC(=O)[C@H](Cc1ccc(CS(=O)(=O)O)cc1)NC(=O)c1cccc(OC)c1)C(=O)N1CCC[C@H]1C(=O)N[C@@H](Cc1cccc2ccccc12)C(=O)N[C@@H](CCCC(=O)O)C(=O)NC(C)(C)C. The predicted octanol–water partition coefficient (Wildman–Crippen LogP) is 4.24. The number of rotatable bonds is 23. The van der Waals surface area contributed by atoms with Crippen molar-refractivity contribution >= 4 is 62.3 Å². The number of amides is 6. The Morgan fingerprint density at radius 3 is 2.06 bits per heavy atom. The predicted molar refractivity (Wildman–Crippen MR) is 262 cm³/mol. The van der Waals surface area contributed by atoms with Crippen LogP contribution in [-0.2, 0) is 57.5 Å². The van der Waals surface area contributed by atoms with E-state index in [0.717, 1.165) is 16.3 Å². The van der Waals surface area contributed by atoms with Crippen molar-refractivity contribution in [3.05, 3.63) is 113 Å². The first-order valence-corrected chi connectivity index (χ1v) is 25.0. The van der Waals surface area contributed by atoms with Crippen LogP contribution in [0, 0.1) is 0 Å². The first kappa shape index (κ1) is 54.1. The van der Waals surface area contributed by atoms with Crippen LogP contribution in [0.3, 0.4) is 0 Å². The second kappa shape index (κ2) is 24.6. The molecular weight excluding hydrogens is 921 g/mol. The highest BCUT2D eigenvalue weighted by Gasteiger charge is 2.40. The van der Waals surface area contributed by atoms with E-state index < -0.39 is 93.0 Å². The number of carbonyl (C=O) groups is 7. The third-order valence-electron chi connectivity index (χ3n) is 11.7. The molecule has 1 heterocycles. The van der Waals surface area contributed by atoms with E-state index in [1.807, 2.05) is 49.4 Å². The van der Waals surface area contributed by atoms with Crippen molar-refractivity contribution in [1.29, 1.82) is 0 Å². The van der Waals surface area contributed by atoms with Gasteiger partial charge in [0.05, 0.1) is 7.11 Å². The number of likely N-dealkylation sites (tertiary alicyclic amines) is 1. The second-order valence-electron chi connectivity index (χ2n) is 18.5. The van der Waals surface area contributed by atoms with Crippen LogP contribution in [0.2, 0.25) is 0 Å². The molecule has 0 aliphatic carbocycles. The van der Waals surface area contributed by atoms with Crippen molar-refractivity contribution in [3.8, 4) is 5.75 Å². The molecule has 70 heavy (non-hydrogen) atoms. The summed E-state index contributed by atoms with van der Waals surface area (Å²) in [5, 5.41) is 25.1. The number of carbonyl (C=O) groups excluding carboxylic acids is 6. The van der Waals surface area contributed by atoms with Crippen LogP contribution in [0.1, 0.15) is 99.7 Å². The van der Waals surface area contributed by atoms with Crippen molar-refractivity contribution in [2.45, 2.75) is 127 Å². The van der Waals surface area contributed by atoms with Crippen LogP contribution in [-0.4, -0.2) is 114 Å². The fourth-order valence-electron chi connectivity index (χ4n) is 8.38. The van der Waals surface area contributed by atoms with Crippen LogP contribution in [0.15, 0.2) is 91.0 Å². The summed E-state index contributed by atoms with van der Waals surface area (Å²) < 4.78 is 37.6. The molecular formula is C51H64N6O12S. The lowest BCUT2D eigenvalue weighted by Gasteiger charge is -2.31. The number of hydrogen-bond donors (Lipinski definition) is 7. The van der Waals surface area contributed by atoms with E-state index in [1.165, 1.54) is 30.2 Å². The lowest BCUT2D eigenvalue weighted by atomic mass is 9.97. The van der Waals surface area contributed by atoms with Crippen LogP contribution in [0.4, 0.5) is 0 Å². The van der Waals surface area contributed by atoms with Gasteiger partial charge in [-0.15, -0.1) is 0 Å². The Balaban J connectivity index is 1.39. The molecule has 0 saturated carbocycles. The van der Waals surface area contributed by atoms with E-state index in [1.54, 1.807) is 51.1 Å². The third-order valence-corrected chi connectivity index (χ3v) is 12.4. The summed E-state index contributed by atoms with van der Waals surface area (Å²) >= 11 is 0. The number of fused-ring (bicyclic) bond motifs is 1. The lowest BCUT2D eigenvalue weighted by Crippen LogP contribution is -2.59. The van der Waals surface area contributed by atoms with Crippen LogP contribution in [0.5, 0.6) is 5.75 Å². The van der Waals surface area contributed by atoms with Gasteiger partial charge in [-0.25, -0.2) is 0 Å². The number of methoxy groups -OCH3 is 1. The molecule has 19 heteroatoms. The van der Waals surface area contributed by atoms with Crippen molar-refractivity contribution in [2.24, 2.45) is 0 Å². The first-order valence-electron chi connectivity index (χ1n) is 23.3. The molecule has 4 aromatic carbocycles. The molecule has 5 atom stereocenters. The molecule has 1 saturated heterocycles. The monoisotopic (exact) mass is 984 g/mol. The molecule has 1 aliphatic heterocycles. The maximum absolute atomic E-state index is 14.6. The Hall–Kier alpha value is -6.86. The summed E-state index contributed by atoms with van der Waals surface area (Å²) in [6.07, 6.45) is 1.09. The van der Waals surface area contributed by atoms with Gasteiger partial charge >= 0.3 is 5.97 Å². The molecule has 0 unspecified atom stereocenters. The lowest BCUT2D eigenvalue weighted by molar-refractivity contribution is -0.142. The van der Waals surface area contributed by atoms with Gasteiger partial charge in [0.15, 0.2) is 0 Å². The van der Waals surface area contributed by atoms with Crippen molar-refractivity contribution in [2.75, 3.05) is 13.7 Å². The van der Waals surface area contributed by atoms with Gasteiger partial charge in [-0.05, 0) is 98.5 Å². The van der Waals surface area contributed by atoms with E-state index in [0.29, 0.717) is 29.7 Å². The molecule has 7 N–H and O–H groups in total. The molecule has 0 aromatic heterocycles. The molecule has 0 bridgehead atoms. The largest absolute Gasteiger partial charge is 0.497 e. The molecule has 1 fully saturated rings. The summed E-state index contributed by atoms with van der Waals surface area (Å²) in [5.74, 6) is -4.97. The van der Waals surface area contributed by atoms with Crippen LogP contribution >= 0.6 is 0 Å². The van der Waals surface area contributed by atoms with Gasteiger partial charge in [0.25, 0.3) is 16.0 Å². The zero-order valence-corrected chi connectivity index (χ0v) is 41.0. The fourth-order valence-corrected chi connectivity index (χ4v) is 8.99. The number of carboxylic acid groups (broad SMARTS) is 1. The Bertz CT molecular complexity index is 2630. The van der Waals surface area contributed by atoms with Crippen molar-refractivity contribution < 1.29 is 56.4 Å². The van der Waals surface area contributed by atoms with Gasteiger partial charge < -0.3 is 41.3 Å². The summed E-state index contributed by atoms with van der Waals surface area (Å²) in [5.41, 5.74) is 1.08. The Morgan fingerprint density at radius 2 is 1.40 bits per heavy atom. The summed E-state index contributed by atoms with van der Waals surface area (Å²) in [6.45, 7) is 7.31. The highest BCUT2D eigenvalue weighted by atomic mass is 32.2. The molecule has 0 spiro atoms. The summed E-state index contributed by atoms with van der Waals surface area (Å²) in [4.78, 5) is 97.6. The van der Waals surface area contributed by atoms with Crippen molar-refractivity contribution in [1.82, 2.24) is 31.5 Å². The Kier molecular flexibility index (Phi) is 19.0. The number of ether oxygens (including phenoxy) is 1. The van der Waals surface area contributed by atoms with Crippen LogP contribution < -0.4 is 31.3 Å². The van der Waals surface area contributed by atoms with E-state index in [4.69, 9.17) is 4.74 Å². The average molecular weight is 985 g/mol. The highest BCUT2D eigenvalue weighted by molar-refractivity contribution is 7.85. The zero-order chi connectivity index (χ0) is 51.2. The molecule has 0 radical (unpaired) electrons. The molecule has 5 rings (SSSR count). The number of benzene rings is 4. The normalized spacial score (nSPS) is 15.5. The number of aliphatic carboxylic acids is 1. The van der Waals surface area contributed by atoms with Gasteiger partial charge in [-0.1, -0.05) is 86.1 Å². The third kappa shape index (κ3) is 16.1. The van der Waals surface area contributed by atoms with Gasteiger partial charge in [0.2, 0.25) is 29.5 Å².